The average molecular weight is 399 g/mol. The molecule has 1 saturated carbocycles. The number of carbonyl (C=O) groups is 2. The van der Waals surface area contributed by atoms with Crippen molar-refractivity contribution in [1.82, 2.24) is 9.80 Å². The van der Waals surface area contributed by atoms with E-state index in [2.05, 4.69) is 30.3 Å². The Labute approximate surface area is 170 Å². The molecule has 148 valence electrons. The first kappa shape index (κ1) is 20.3. The molecule has 28 heavy (non-hydrogen) atoms. The molecule has 1 aliphatic heterocycles. The van der Waals surface area contributed by atoms with Gasteiger partial charge in [0.25, 0.3) is 0 Å². The van der Waals surface area contributed by atoms with Gasteiger partial charge in [0.15, 0.2) is 0 Å². The minimum Gasteiger partial charge on any atom is -0.508 e. The molecule has 0 spiro atoms. The lowest BCUT2D eigenvalue weighted by molar-refractivity contribution is -0.132. The third-order valence-electron chi connectivity index (χ3n) is 4.84. The molecule has 2 aromatic carbocycles. The highest BCUT2D eigenvalue weighted by Gasteiger charge is 2.22. The lowest BCUT2D eigenvalue weighted by Gasteiger charge is -2.32. The highest BCUT2D eigenvalue weighted by Crippen LogP contribution is 2.39. The summed E-state index contributed by atoms with van der Waals surface area (Å²) in [4.78, 5) is 26.9. The first-order valence-electron chi connectivity index (χ1n) is 9.59. The number of aromatic hydroxyl groups is 1. The van der Waals surface area contributed by atoms with Crippen LogP contribution in [0.2, 0.25) is 0 Å². The van der Waals surface area contributed by atoms with E-state index in [0.29, 0.717) is 31.9 Å². The summed E-state index contributed by atoms with van der Waals surface area (Å²) in [5, 5.41) is 9.34. The highest BCUT2D eigenvalue weighted by molar-refractivity contribution is 8.00. The van der Waals surface area contributed by atoms with Crippen molar-refractivity contribution >= 4 is 24.1 Å². The fourth-order valence-corrected chi connectivity index (χ4v) is 3.88. The van der Waals surface area contributed by atoms with Crippen LogP contribution >= 0.6 is 11.8 Å². The monoisotopic (exact) mass is 398 g/mol. The molecule has 1 N–H and O–H groups in total. The molecular weight excluding hydrogens is 372 g/mol. The Morgan fingerprint density at radius 1 is 1.04 bits per heavy atom. The first-order chi connectivity index (χ1) is 13.7. The zero-order valence-corrected chi connectivity index (χ0v) is 16.7. The largest absolute Gasteiger partial charge is 0.508 e. The van der Waals surface area contributed by atoms with Gasteiger partial charge in [-0.2, -0.15) is 0 Å². The average Bonchev–Trinajstić information content (AvgIpc) is 3.59. The third-order valence-corrected chi connectivity index (χ3v) is 5.82. The molecule has 2 fully saturated rings. The fraction of sp³-hybridized carbons (Fsp3) is 0.364. The summed E-state index contributed by atoms with van der Waals surface area (Å²) < 4.78 is 0. The van der Waals surface area contributed by atoms with Crippen LogP contribution in [0.3, 0.4) is 0 Å². The lowest BCUT2D eigenvalue weighted by Crippen LogP contribution is -2.48. The minimum atomic E-state index is 0.0684. The Balaban J connectivity index is 0.000000206. The van der Waals surface area contributed by atoms with Crippen LogP contribution in [0.25, 0.3) is 0 Å². The predicted octanol–water partition coefficient (Wildman–Crippen LogP) is 3.35. The molecule has 4 rings (SSSR count). The topological polar surface area (TPSA) is 60.9 Å². The van der Waals surface area contributed by atoms with Gasteiger partial charge in [0, 0.05) is 31.1 Å². The van der Waals surface area contributed by atoms with Gasteiger partial charge in [-0.25, -0.2) is 0 Å². The van der Waals surface area contributed by atoms with Crippen LogP contribution in [-0.4, -0.2) is 59.2 Å². The Morgan fingerprint density at radius 2 is 1.75 bits per heavy atom. The molecule has 1 aliphatic carbocycles. The van der Waals surface area contributed by atoms with Crippen molar-refractivity contribution in [3.05, 3.63) is 60.2 Å². The molecule has 0 bridgehead atoms. The number of rotatable bonds is 5. The second kappa shape index (κ2) is 10.2. The van der Waals surface area contributed by atoms with Crippen molar-refractivity contribution < 1.29 is 14.7 Å². The number of hydrogen-bond donors (Lipinski definition) is 1. The third kappa shape index (κ3) is 6.30. The van der Waals surface area contributed by atoms with Gasteiger partial charge < -0.3 is 14.9 Å². The molecule has 0 unspecified atom stereocenters. The summed E-state index contributed by atoms with van der Waals surface area (Å²) >= 11 is 1.41. The number of hydrogen-bond acceptors (Lipinski definition) is 4. The van der Waals surface area contributed by atoms with E-state index in [1.807, 2.05) is 6.07 Å². The second-order valence-electron chi connectivity index (χ2n) is 6.99. The zero-order chi connectivity index (χ0) is 19.8. The molecule has 0 atom stereocenters. The van der Waals surface area contributed by atoms with E-state index in [9.17, 15) is 14.7 Å². The van der Waals surface area contributed by atoms with Crippen molar-refractivity contribution in [2.24, 2.45) is 0 Å². The summed E-state index contributed by atoms with van der Waals surface area (Å²) in [6, 6.07) is 17.6. The van der Waals surface area contributed by atoms with Crippen LogP contribution in [0.4, 0.5) is 0 Å². The van der Waals surface area contributed by atoms with Gasteiger partial charge in [-0.15, -0.1) is 11.8 Å². The lowest BCUT2D eigenvalue weighted by atomic mass is 10.1. The number of piperazine rings is 1. The molecule has 1 heterocycles. The second-order valence-corrected chi connectivity index (χ2v) is 8.04. The smallest absolute Gasteiger partial charge is 0.233 e. The van der Waals surface area contributed by atoms with Crippen LogP contribution in [0.5, 0.6) is 5.75 Å². The first-order valence-corrected chi connectivity index (χ1v) is 10.6. The summed E-state index contributed by atoms with van der Waals surface area (Å²) in [6.45, 7) is 2.40. The molecule has 5 nitrogen and oxygen atoms in total. The summed E-state index contributed by atoms with van der Waals surface area (Å²) in [5.41, 5.74) is 1.53. The number of nitrogens with zero attached hydrogens (tertiary/aromatic N) is 2. The summed E-state index contributed by atoms with van der Waals surface area (Å²) in [5.74, 6) is 1.53. The molecule has 0 radical (unpaired) electrons. The number of thioether (sulfide) groups is 1. The van der Waals surface area contributed by atoms with Crippen molar-refractivity contribution in [2.75, 3.05) is 31.9 Å². The number of amides is 2. The quantitative estimate of drug-likeness (QED) is 0.620. The van der Waals surface area contributed by atoms with E-state index in [1.165, 1.54) is 30.2 Å². The predicted molar refractivity (Wildman–Crippen MR) is 111 cm³/mol. The van der Waals surface area contributed by atoms with E-state index < -0.39 is 0 Å². The summed E-state index contributed by atoms with van der Waals surface area (Å²) in [7, 11) is 0. The highest BCUT2D eigenvalue weighted by atomic mass is 32.2. The van der Waals surface area contributed by atoms with Gasteiger partial charge in [-0.3, -0.25) is 9.59 Å². The molecule has 2 amide bonds. The fourth-order valence-electron chi connectivity index (χ4n) is 3.03. The number of phenols is 1. The van der Waals surface area contributed by atoms with E-state index >= 15 is 0 Å². The minimum absolute atomic E-state index is 0.0684. The van der Waals surface area contributed by atoms with E-state index in [1.54, 1.807) is 28.0 Å². The van der Waals surface area contributed by atoms with Gasteiger partial charge in [0.05, 0.1) is 5.75 Å². The molecule has 2 aliphatic rings. The van der Waals surface area contributed by atoms with Gasteiger partial charge in [-0.05, 0) is 42.5 Å². The Bertz CT molecular complexity index is 772. The Morgan fingerprint density at radius 3 is 2.36 bits per heavy atom. The van der Waals surface area contributed by atoms with Gasteiger partial charge in [-0.1, -0.05) is 36.4 Å². The van der Waals surface area contributed by atoms with Crippen molar-refractivity contribution in [3.8, 4) is 5.75 Å². The molecule has 0 aromatic heterocycles. The van der Waals surface area contributed by atoms with Crippen LogP contribution in [0.15, 0.2) is 59.5 Å². The van der Waals surface area contributed by atoms with Crippen molar-refractivity contribution in [3.63, 3.8) is 0 Å². The van der Waals surface area contributed by atoms with E-state index in [0.717, 1.165) is 17.2 Å². The van der Waals surface area contributed by atoms with Crippen LogP contribution in [0, 0.1) is 0 Å². The van der Waals surface area contributed by atoms with E-state index in [-0.39, 0.29) is 11.7 Å². The van der Waals surface area contributed by atoms with Gasteiger partial charge >= 0.3 is 0 Å². The maximum atomic E-state index is 12.0. The van der Waals surface area contributed by atoms with Crippen LogP contribution in [-0.2, 0) is 9.59 Å². The number of phenolic OH excluding ortho intramolecular Hbond substituents is 1. The Hall–Kier alpha value is -2.47. The summed E-state index contributed by atoms with van der Waals surface area (Å²) in [6.07, 6.45) is 3.64. The molecular formula is C22H26N2O3S. The number of benzene rings is 2. The van der Waals surface area contributed by atoms with Crippen molar-refractivity contribution in [2.45, 2.75) is 23.7 Å². The van der Waals surface area contributed by atoms with E-state index in [4.69, 9.17) is 0 Å². The standard InChI is InChI=1S/C13H16N2O3S.C9H10/c16-10-14-4-6-15(7-5-14)13(18)9-19-12-3-1-2-11(17)8-12;1-2-4-8(5-3-1)9-6-7-9/h1-3,8,10,17H,4-7,9H2;1-5,9H,6-7H2. The van der Waals surface area contributed by atoms with Gasteiger partial charge in [0.1, 0.15) is 5.75 Å². The number of carbonyl (C=O) groups excluding carboxylic acids is 2. The zero-order valence-electron chi connectivity index (χ0n) is 15.9. The van der Waals surface area contributed by atoms with Gasteiger partial charge in [0.2, 0.25) is 12.3 Å². The normalized spacial score (nSPS) is 16.1. The SMILES string of the molecule is O=CN1CCN(C(=O)CSc2cccc(O)c2)CC1.c1ccc(C2CC2)cc1. The Kier molecular flexibility index (Phi) is 7.37. The van der Waals surface area contributed by atoms with Crippen LogP contribution in [0.1, 0.15) is 24.3 Å². The van der Waals surface area contributed by atoms with Crippen LogP contribution < -0.4 is 0 Å². The van der Waals surface area contributed by atoms with Crippen molar-refractivity contribution in [1.29, 1.82) is 0 Å². The maximum absolute atomic E-state index is 12.0. The molecule has 6 heteroatoms. The molecule has 1 saturated heterocycles. The molecule has 2 aromatic rings. The maximum Gasteiger partial charge on any atom is 0.233 e.